The van der Waals surface area contributed by atoms with Crippen LogP contribution in [0.4, 0.5) is 13.2 Å². The van der Waals surface area contributed by atoms with E-state index in [-0.39, 0.29) is 30.4 Å². The molecule has 13 heteroatoms. The summed E-state index contributed by atoms with van der Waals surface area (Å²) in [5, 5.41) is 7.66. The number of ketones is 1. The van der Waals surface area contributed by atoms with Crippen molar-refractivity contribution in [3.05, 3.63) is 35.4 Å². The van der Waals surface area contributed by atoms with E-state index in [1.54, 1.807) is 13.8 Å². The van der Waals surface area contributed by atoms with Gasteiger partial charge in [-0.3, -0.25) is 24.0 Å². The Labute approximate surface area is 238 Å². The molecule has 1 aliphatic heterocycles. The molecule has 1 heterocycles. The van der Waals surface area contributed by atoms with Crippen molar-refractivity contribution < 1.29 is 37.1 Å². The number of Topliss-reactive ketones (excluding diaryl/α,β-unsaturated/α-hetero) is 1. The summed E-state index contributed by atoms with van der Waals surface area (Å²) < 4.78 is 39.2. The van der Waals surface area contributed by atoms with Crippen LogP contribution in [-0.4, -0.2) is 97.2 Å². The van der Waals surface area contributed by atoms with Gasteiger partial charge in [0.1, 0.15) is 12.1 Å². The van der Waals surface area contributed by atoms with Gasteiger partial charge in [-0.05, 0) is 63.0 Å². The van der Waals surface area contributed by atoms with Crippen molar-refractivity contribution in [2.75, 3.05) is 33.7 Å². The fraction of sp³-hybridized carbons (Fsp3) is 0.607. The number of hydrogen-bond donors (Lipinski definition) is 3. The van der Waals surface area contributed by atoms with Crippen LogP contribution in [0.5, 0.6) is 0 Å². The highest BCUT2D eigenvalue weighted by Gasteiger charge is 2.46. The Bertz CT molecular complexity index is 1110. The Morgan fingerprint density at radius 2 is 1.44 bits per heavy atom. The van der Waals surface area contributed by atoms with Gasteiger partial charge < -0.3 is 25.8 Å². The molecule has 0 radical (unpaired) electrons. The largest absolute Gasteiger partial charge is 0.452 e. The minimum absolute atomic E-state index is 0.174. The van der Waals surface area contributed by atoms with Gasteiger partial charge in [-0.25, -0.2) is 0 Å². The minimum atomic E-state index is -5.12. The molecule has 1 aromatic carbocycles. The summed E-state index contributed by atoms with van der Waals surface area (Å²) in [6.45, 7) is 7.51. The third-order valence-electron chi connectivity index (χ3n) is 6.84. The SMILES string of the molecule is CC(C)C(NC(=O)C1CCCN1C(=O)[C@@H](NC(=O)c1ccc(C(=O)NCCN(C)C)cc1)C(C)C)C(=O)C(F)(F)F. The Kier molecular flexibility index (Phi) is 11.9. The van der Waals surface area contributed by atoms with E-state index >= 15 is 0 Å². The van der Waals surface area contributed by atoms with Crippen LogP contribution in [0.3, 0.4) is 0 Å². The zero-order valence-electron chi connectivity index (χ0n) is 24.3. The number of nitrogens with one attached hydrogen (secondary N) is 3. The molecule has 0 bridgehead atoms. The van der Waals surface area contributed by atoms with E-state index in [0.717, 1.165) is 0 Å². The first kappa shape index (κ1) is 33.7. The zero-order chi connectivity index (χ0) is 31.1. The number of halogens is 3. The molecular weight excluding hydrogens is 543 g/mol. The lowest BCUT2D eigenvalue weighted by atomic mass is 9.98. The van der Waals surface area contributed by atoms with Crippen molar-refractivity contribution in [2.45, 2.75) is 64.8 Å². The predicted molar refractivity (Wildman–Crippen MR) is 146 cm³/mol. The number of likely N-dealkylation sites (N-methyl/N-ethyl adjacent to an activating group) is 1. The van der Waals surface area contributed by atoms with Crippen LogP contribution in [0, 0.1) is 11.8 Å². The normalized spacial score (nSPS) is 17.0. The summed E-state index contributed by atoms with van der Waals surface area (Å²) in [6, 6.07) is 2.05. The van der Waals surface area contributed by atoms with Gasteiger partial charge in [0.15, 0.2) is 0 Å². The first-order valence-corrected chi connectivity index (χ1v) is 13.6. The number of alkyl halides is 3. The molecule has 1 aliphatic rings. The Hall–Kier alpha value is -3.48. The Balaban J connectivity index is 2.11. The number of amides is 4. The molecular formula is C28H40F3N5O5. The maximum Gasteiger partial charge on any atom is 0.452 e. The molecule has 1 fully saturated rings. The molecule has 1 saturated heterocycles. The van der Waals surface area contributed by atoms with Crippen LogP contribution in [0.15, 0.2) is 24.3 Å². The summed E-state index contributed by atoms with van der Waals surface area (Å²) in [6.07, 6.45) is -4.48. The molecule has 4 amide bonds. The lowest BCUT2D eigenvalue weighted by Gasteiger charge is -2.32. The molecule has 0 aromatic heterocycles. The highest BCUT2D eigenvalue weighted by molar-refractivity contribution is 6.00. The van der Waals surface area contributed by atoms with Crippen LogP contribution < -0.4 is 16.0 Å². The summed E-state index contributed by atoms with van der Waals surface area (Å²) >= 11 is 0. The van der Waals surface area contributed by atoms with E-state index in [0.29, 0.717) is 25.1 Å². The molecule has 2 unspecified atom stereocenters. The number of hydrogen-bond acceptors (Lipinski definition) is 6. The minimum Gasteiger partial charge on any atom is -0.351 e. The zero-order valence-corrected chi connectivity index (χ0v) is 24.3. The van der Waals surface area contributed by atoms with E-state index in [1.807, 2.05) is 19.0 Å². The highest BCUT2D eigenvalue weighted by atomic mass is 19.4. The molecule has 2 rings (SSSR count). The first-order valence-electron chi connectivity index (χ1n) is 13.6. The first-order chi connectivity index (χ1) is 19.0. The van der Waals surface area contributed by atoms with E-state index in [9.17, 15) is 37.1 Å². The average molecular weight is 584 g/mol. The van der Waals surface area contributed by atoms with Crippen LogP contribution in [0.1, 0.15) is 61.3 Å². The average Bonchev–Trinajstić information content (AvgIpc) is 3.38. The van der Waals surface area contributed by atoms with E-state index in [4.69, 9.17) is 0 Å². The molecule has 10 nitrogen and oxygen atoms in total. The number of nitrogens with zero attached hydrogens (tertiary/aromatic N) is 2. The second-order valence-corrected chi connectivity index (χ2v) is 11.1. The number of carbonyl (C=O) groups excluding carboxylic acids is 5. The second kappa shape index (κ2) is 14.4. The van der Waals surface area contributed by atoms with Gasteiger partial charge in [-0.15, -0.1) is 0 Å². The summed E-state index contributed by atoms with van der Waals surface area (Å²) in [5.74, 6) is -5.51. The van der Waals surface area contributed by atoms with Crippen molar-refractivity contribution in [2.24, 2.45) is 11.8 Å². The predicted octanol–water partition coefficient (Wildman–Crippen LogP) is 2.00. The summed E-state index contributed by atoms with van der Waals surface area (Å²) in [7, 11) is 3.77. The highest BCUT2D eigenvalue weighted by Crippen LogP contribution is 2.24. The number of carbonyl (C=O) groups is 5. The third kappa shape index (κ3) is 9.27. The Morgan fingerprint density at radius 1 is 0.902 bits per heavy atom. The lowest BCUT2D eigenvalue weighted by molar-refractivity contribution is -0.175. The van der Waals surface area contributed by atoms with Crippen molar-refractivity contribution >= 4 is 29.4 Å². The van der Waals surface area contributed by atoms with Crippen LogP contribution in [-0.2, 0) is 14.4 Å². The monoisotopic (exact) mass is 583 g/mol. The third-order valence-corrected chi connectivity index (χ3v) is 6.84. The maximum absolute atomic E-state index is 13.5. The fourth-order valence-corrected chi connectivity index (χ4v) is 4.45. The molecule has 0 saturated carbocycles. The molecule has 3 atom stereocenters. The number of rotatable bonds is 12. The molecule has 228 valence electrons. The summed E-state index contributed by atoms with van der Waals surface area (Å²) in [5.41, 5.74) is 0.584. The lowest BCUT2D eigenvalue weighted by Crippen LogP contribution is -2.58. The topological polar surface area (TPSA) is 128 Å². The van der Waals surface area contributed by atoms with Gasteiger partial charge in [0, 0.05) is 30.8 Å². The van der Waals surface area contributed by atoms with Gasteiger partial charge in [0.05, 0.1) is 6.04 Å². The van der Waals surface area contributed by atoms with Crippen LogP contribution in [0.25, 0.3) is 0 Å². The van der Waals surface area contributed by atoms with E-state index < -0.39 is 53.7 Å². The summed E-state index contributed by atoms with van der Waals surface area (Å²) in [4.78, 5) is 66.8. The smallest absolute Gasteiger partial charge is 0.351 e. The van der Waals surface area contributed by atoms with Gasteiger partial charge in [-0.2, -0.15) is 13.2 Å². The number of likely N-dealkylation sites (tertiary alicyclic amines) is 1. The van der Waals surface area contributed by atoms with Gasteiger partial charge in [0.25, 0.3) is 17.6 Å². The molecule has 3 N–H and O–H groups in total. The maximum atomic E-state index is 13.5. The molecule has 0 aliphatic carbocycles. The van der Waals surface area contributed by atoms with Crippen LogP contribution >= 0.6 is 0 Å². The van der Waals surface area contributed by atoms with Crippen molar-refractivity contribution in [3.63, 3.8) is 0 Å². The number of benzene rings is 1. The molecule has 1 aromatic rings. The molecule has 0 spiro atoms. The molecule has 41 heavy (non-hydrogen) atoms. The van der Waals surface area contributed by atoms with Gasteiger partial charge >= 0.3 is 6.18 Å². The van der Waals surface area contributed by atoms with Crippen molar-refractivity contribution in [1.82, 2.24) is 25.8 Å². The van der Waals surface area contributed by atoms with Gasteiger partial charge in [-0.1, -0.05) is 27.7 Å². The fourth-order valence-electron chi connectivity index (χ4n) is 4.45. The second-order valence-electron chi connectivity index (χ2n) is 11.1. The van der Waals surface area contributed by atoms with Crippen molar-refractivity contribution in [1.29, 1.82) is 0 Å². The quantitative estimate of drug-likeness (QED) is 0.346. The Morgan fingerprint density at radius 3 is 1.93 bits per heavy atom. The van der Waals surface area contributed by atoms with Gasteiger partial charge in [0.2, 0.25) is 11.8 Å². The van der Waals surface area contributed by atoms with Crippen LogP contribution in [0.2, 0.25) is 0 Å². The van der Waals surface area contributed by atoms with Crippen molar-refractivity contribution in [3.8, 4) is 0 Å². The van der Waals surface area contributed by atoms with E-state index in [1.165, 1.54) is 43.0 Å². The van der Waals surface area contributed by atoms with E-state index in [2.05, 4.69) is 16.0 Å². The standard InChI is InChI=1S/C28H40F3N5O5/c1-16(2)21(23(37)28(29,30)31)33-26(40)20-8-7-14-36(20)27(41)22(17(3)4)34-25(39)19-11-9-18(10-12-19)24(38)32-13-15-35(5)6/h9-12,16-17,20-22H,7-8,13-15H2,1-6H3,(H,32,38)(H,33,40)(H,34,39)/t20?,21?,22-/m0/s1.